The first kappa shape index (κ1) is 17.3. The number of amides is 1. The van der Waals surface area contributed by atoms with Crippen LogP contribution in [0.5, 0.6) is 0 Å². The van der Waals surface area contributed by atoms with Crippen LogP contribution in [0.15, 0.2) is 54.6 Å². The van der Waals surface area contributed by atoms with Crippen molar-refractivity contribution in [2.24, 2.45) is 0 Å². The number of hydrogen-bond donors (Lipinski definition) is 1. The Morgan fingerprint density at radius 3 is 2.42 bits per heavy atom. The van der Waals surface area contributed by atoms with Gasteiger partial charge in [0.05, 0.1) is 0 Å². The van der Waals surface area contributed by atoms with Gasteiger partial charge in [-0.3, -0.25) is 9.69 Å². The molecule has 4 nitrogen and oxygen atoms in total. The molecular weight excluding hydrogens is 322 g/mol. The van der Waals surface area contributed by atoms with Crippen molar-refractivity contribution in [1.82, 2.24) is 10.2 Å². The summed E-state index contributed by atoms with van der Waals surface area (Å²) in [5.74, 6) is 0.209. The Morgan fingerprint density at radius 1 is 1.00 bits per heavy atom. The molecule has 0 aliphatic carbocycles. The number of anilines is 1. The van der Waals surface area contributed by atoms with E-state index in [4.69, 9.17) is 0 Å². The molecule has 26 heavy (non-hydrogen) atoms. The molecule has 1 N–H and O–H groups in total. The second-order valence-corrected chi connectivity index (χ2v) is 7.14. The smallest absolute Gasteiger partial charge is 0.256 e. The van der Waals surface area contributed by atoms with Gasteiger partial charge in [0.25, 0.3) is 5.91 Å². The van der Waals surface area contributed by atoms with Crippen molar-refractivity contribution in [2.75, 3.05) is 37.6 Å². The largest absolute Gasteiger partial charge is 0.314 e. The van der Waals surface area contributed by atoms with Crippen LogP contribution in [0.4, 0.5) is 5.69 Å². The lowest BCUT2D eigenvalue weighted by Gasteiger charge is -2.43. The zero-order valence-electron chi connectivity index (χ0n) is 15.4. The van der Waals surface area contributed by atoms with Gasteiger partial charge in [0.15, 0.2) is 5.54 Å². The minimum Gasteiger partial charge on any atom is -0.314 e. The SMILES string of the molecule is CCCCN1C(=O)C(c2ccccc2)(N2CCNCC2)c2ccccc21. The molecule has 1 amide bonds. The fourth-order valence-corrected chi connectivity index (χ4v) is 4.42. The van der Waals surface area contributed by atoms with Crippen molar-refractivity contribution in [3.8, 4) is 0 Å². The molecule has 4 rings (SSSR count). The lowest BCUT2D eigenvalue weighted by Crippen LogP contribution is -2.59. The van der Waals surface area contributed by atoms with Gasteiger partial charge in [0.1, 0.15) is 0 Å². The van der Waals surface area contributed by atoms with Crippen molar-refractivity contribution in [2.45, 2.75) is 25.3 Å². The Bertz CT molecular complexity index is 770. The molecule has 4 heteroatoms. The topological polar surface area (TPSA) is 35.6 Å². The molecule has 0 radical (unpaired) electrons. The zero-order valence-corrected chi connectivity index (χ0v) is 15.4. The first-order valence-electron chi connectivity index (χ1n) is 9.73. The van der Waals surface area contributed by atoms with E-state index in [-0.39, 0.29) is 5.91 Å². The number of piperazine rings is 1. The zero-order chi connectivity index (χ0) is 18.0. The van der Waals surface area contributed by atoms with E-state index in [0.29, 0.717) is 0 Å². The van der Waals surface area contributed by atoms with Gasteiger partial charge in [0, 0.05) is 44.0 Å². The summed E-state index contributed by atoms with van der Waals surface area (Å²) < 4.78 is 0. The van der Waals surface area contributed by atoms with Gasteiger partial charge >= 0.3 is 0 Å². The van der Waals surface area contributed by atoms with E-state index >= 15 is 0 Å². The number of nitrogens with zero attached hydrogens (tertiary/aromatic N) is 2. The second kappa shape index (κ2) is 7.22. The molecule has 2 aromatic carbocycles. The van der Waals surface area contributed by atoms with Crippen molar-refractivity contribution in [1.29, 1.82) is 0 Å². The summed E-state index contributed by atoms with van der Waals surface area (Å²) in [6.45, 7) is 6.53. The summed E-state index contributed by atoms with van der Waals surface area (Å²) in [6.07, 6.45) is 2.10. The highest BCUT2D eigenvalue weighted by atomic mass is 16.2. The summed E-state index contributed by atoms with van der Waals surface area (Å²) >= 11 is 0. The van der Waals surface area contributed by atoms with Crippen LogP contribution >= 0.6 is 0 Å². The maximum absolute atomic E-state index is 14.0. The fraction of sp³-hybridized carbons (Fsp3) is 0.409. The quantitative estimate of drug-likeness (QED) is 0.901. The molecule has 0 aromatic heterocycles. The standard InChI is InChI=1S/C22H27N3O/c1-2-3-15-25-20-12-8-7-11-19(20)22(21(25)26,18-9-5-4-6-10-18)24-16-13-23-14-17-24/h4-12,23H,2-3,13-17H2,1H3. The van der Waals surface area contributed by atoms with E-state index in [1.165, 1.54) is 0 Å². The summed E-state index contributed by atoms with van der Waals surface area (Å²) in [5, 5.41) is 3.42. The fourth-order valence-electron chi connectivity index (χ4n) is 4.42. The van der Waals surface area contributed by atoms with Crippen molar-refractivity contribution >= 4 is 11.6 Å². The first-order chi connectivity index (χ1) is 12.8. The molecule has 0 saturated carbocycles. The maximum atomic E-state index is 14.0. The normalized spacial score (nSPS) is 23.3. The van der Waals surface area contributed by atoms with E-state index in [1.54, 1.807) is 0 Å². The molecule has 2 aliphatic heterocycles. The van der Waals surface area contributed by atoms with E-state index in [1.807, 2.05) is 29.2 Å². The molecule has 1 fully saturated rings. The number of carbonyl (C=O) groups excluding carboxylic acids is 1. The number of unbranched alkanes of at least 4 members (excludes halogenated alkanes) is 1. The minimum atomic E-state index is -0.701. The van der Waals surface area contributed by atoms with Crippen LogP contribution in [0.1, 0.15) is 30.9 Å². The molecule has 1 atom stereocenters. The first-order valence-corrected chi connectivity index (χ1v) is 9.73. The number of rotatable bonds is 5. The van der Waals surface area contributed by atoms with Gasteiger partial charge < -0.3 is 10.2 Å². The number of para-hydroxylation sites is 1. The molecule has 2 aromatic rings. The molecule has 0 bridgehead atoms. The Morgan fingerprint density at radius 2 is 1.69 bits per heavy atom. The summed E-state index contributed by atoms with van der Waals surface area (Å²) in [4.78, 5) is 18.4. The van der Waals surface area contributed by atoms with Gasteiger partial charge in [-0.15, -0.1) is 0 Å². The average molecular weight is 349 g/mol. The Balaban J connectivity index is 1.91. The molecule has 136 valence electrons. The van der Waals surface area contributed by atoms with Crippen LogP contribution in [-0.2, 0) is 10.3 Å². The van der Waals surface area contributed by atoms with Crippen LogP contribution in [-0.4, -0.2) is 43.5 Å². The van der Waals surface area contributed by atoms with Crippen LogP contribution in [0.25, 0.3) is 0 Å². The van der Waals surface area contributed by atoms with Crippen molar-refractivity contribution < 1.29 is 4.79 Å². The predicted octanol–water partition coefficient (Wildman–Crippen LogP) is 2.98. The lowest BCUT2D eigenvalue weighted by atomic mass is 9.81. The van der Waals surface area contributed by atoms with Gasteiger partial charge in [-0.05, 0) is 18.1 Å². The highest BCUT2D eigenvalue weighted by Gasteiger charge is 2.55. The second-order valence-electron chi connectivity index (χ2n) is 7.14. The van der Waals surface area contributed by atoms with E-state index in [0.717, 1.165) is 62.4 Å². The van der Waals surface area contributed by atoms with Gasteiger partial charge in [-0.2, -0.15) is 0 Å². The summed E-state index contributed by atoms with van der Waals surface area (Å²) in [5.41, 5.74) is 2.59. The third-order valence-electron chi connectivity index (χ3n) is 5.66. The highest BCUT2D eigenvalue weighted by Crippen LogP contribution is 2.48. The average Bonchev–Trinajstić information content (AvgIpc) is 2.96. The monoisotopic (exact) mass is 349 g/mol. The van der Waals surface area contributed by atoms with Crippen molar-refractivity contribution in [3.63, 3.8) is 0 Å². The Kier molecular flexibility index (Phi) is 4.79. The third kappa shape index (κ3) is 2.56. The Hall–Kier alpha value is -2.17. The van der Waals surface area contributed by atoms with Gasteiger partial charge in [-0.25, -0.2) is 0 Å². The number of hydrogen-bond acceptors (Lipinski definition) is 3. The number of nitrogens with one attached hydrogen (secondary N) is 1. The number of benzene rings is 2. The molecule has 0 spiro atoms. The Labute approximate surface area is 155 Å². The molecule has 2 heterocycles. The molecule has 1 saturated heterocycles. The maximum Gasteiger partial charge on any atom is 0.256 e. The molecule has 2 aliphatic rings. The lowest BCUT2D eigenvalue weighted by molar-refractivity contribution is -0.128. The van der Waals surface area contributed by atoms with Crippen molar-refractivity contribution in [3.05, 3.63) is 65.7 Å². The molecular formula is C22H27N3O. The molecule has 1 unspecified atom stereocenters. The predicted molar refractivity (Wildman–Crippen MR) is 105 cm³/mol. The minimum absolute atomic E-state index is 0.209. The van der Waals surface area contributed by atoms with Crippen LogP contribution in [0.2, 0.25) is 0 Å². The van der Waals surface area contributed by atoms with Gasteiger partial charge in [0.2, 0.25) is 0 Å². The van der Waals surface area contributed by atoms with Crippen LogP contribution in [0.3, 0.4) is 0 Å². The summed E-state index contributed by atoms with van der Waals surface area (Å²) in [7, 11) is 0. The van der Waals surface area contributed by atoms with E-state index in [2.05, 4.69) is 47.5 Å². The third-order valence-corrected chi connectivity index (χ3v) is 5.66. The van der Waals surface area contributed by atoms with Gasteiger partial charge in [-0.1, -0.05) is 61.9 Å². The van der Waals surface area contributed by atoms with Crippen LogP contribution in [0, 0.1) is 0 Å². The highest BCUT2D eigenvalue weighted by molar-refractivity contribution is 6.10. The number of carbonyl (C=O) groups is 1. The van der Waals surface area contributed by atoms with E-state index < -0.39 is 5.54 Å². The van der Waals surface area contributed by atoms with Crippen LogP contribution < -0.4 is 10.2 Å². The number of fused-ring (bicyclic) bond motifs is 1. The van der Waals surface area contributed by atoms with E-state index in [9.17, 15) is 4.79 Å². The summed E-state index contributed by atoms with van der Waals surface area (Å²) in [6, 6.07) is 18.7.